The van der Waals surface area contributed by atoms with Crippen molar-refractivity contribution in [1.82, 2.24) is 0 Å². The molecular weight excluding hydrogens is 213 g/mol. The summed E-state index contributed by atoms with van der Waals surface area (Å²) in [5.41, 5.74) is 1.15. The molecule has 0 N–H and O–H groups in total. The van der Waals surface area contributed by atoms with Crippen LogP contribution >= 0.6 is 0 Å². The smallest absolute Gasteiger partial charge is 0.539 e. The first kappa shape index (κ1) is 15.7. The Balaban J connectivity index is 4.93. The van der Waals surface area contributed by atoms with Crippen molar-refractivity contribution in [2.45, 2.75) is 46.2 Å². The molecule has 0 aromatic carbocycles. The van der Waals surface area contributed by atoms with Crippen LogP contribution in [0.1, 0.15) is 34.6 Å². The molecule has 0 saturated carbocycles. The molecule has 3 heteroatoms. The van der Waals surface area contributed by atoms with E-state index in [1.165, 1.54) is 0 Å². The van der Waals surface area contributed by atoms with Gasteiger partial charge in [0.05, 0.1) is 5.76 Å². The lowest BCUT2D eigenvalue weighted by molar-refractivity contribution is 0.379. The van der Waals surface area contributed by atoms with Crippen LogP contribution in [0.25, 0.3) is 0 Å². The number of allylic oxidation sites excluding steroid dienone is 2. The van der Waals surface area contributed by atoms with Crippen LogP contribution in [0, 0.1) is 11.8 Å². The topological polar surface area (TPSA) is 21.6 Å². The summed E-state index contributed by atoms with van der Waals surface area (Å²) in [7, 11) is 0. The largest absolute Gasteiger partial charge is 0.646 e. The lowest BCUT2D eigenvalue weighted by atomic mass is 10.0. The second-order valence-electron chi connectivity index (χ2n) is 4.92. The highest BCUT2D eigenvalue weighted by atomic mass is 27.2. The second-order valence-corrected chi connectivity index (χ2v) is 7.26. The van der Waals surface area contributed by atoms with Gasteiger partial charge in [0.1, 0.15) is 0 Å². The van der Waals surface area contributed by atoms with Gasteiger partial charge in [-0.15, -0.1) is 0 Å². The Morgan fingerprint density at radius 3 is 2.06 bits per heavy atom. The van der Waals surface area contributed by atoms with Gasteiger partial charge in [0.2, 0.25) is 0 Å². The molecule has 0 radical (unpaired) electrons. The number of nitrogens with zero attached hydrogens (tertiary/aromatic N) is 1. The zero-order valence-electron chi connectivity index (χ0n) is 11.9. The minimum atomic E-state index is -1.02. The predicted octanol–water partition coefficient (Wildman–Crippen LogP) is 3.91. The molecule has 0 rings (SSSR count). The maximum atomic E-state index is 5.96. The van der Waals surface area contributed by atoms with Gasteiger partial charge >= 0.3 is 14.5 Å². The average Bonchev–Trinajstić information content (AvgIpc) is 2.14. The Morgan fingerprint density at radius 2 is 1.75 bits per heavy atom. The maximum Gasteiger partial charge on any atom is 0.539 e. The lowest BCUT2D eigenvalue weighted by Crippen LogP contribution is -2.14. The fourth-order valence-electron chi connectivity index (χ4n) is 1.33. The third kappa shape index (κ3) is 6.35. The summed E-state index contributed by atoms with van der Waals surface area (Å²) in [4.78, 5) is 4.53. The SMILES string of the molecule is CCN=C(/C=C(\[O][Al]([CH3])[CH3])C(C)C)C(C)C. The van der Waals surface area contributed by atoms with Gasteiger partial charge in [-0.05, 0) is 18.9 Å². The Bertz CT molecular complexity index is 255. The van der Waals surface area contributed by atoms with Crippen molar-refractivity contribution in [2.75, 3.05) is 6.54 Å². The van der Waals surface area contributed by atoms with Crippen LogP contribution in [0.5, 0.6) is 0 Å². The molecule has 92 valence electrons. The van der Waals surface area contributed by atoms with E-state index in [2.05, 4.69) is 57.3 Å². The van der Waals surface area contributed by atoms with E-state index in [1.807, 2.05) is 0 Å². The van der Waals surface area contributed by atoms with E-state index in [0.717, 1.165) is 18.0 Å². The molecule has 0 aromatic rings. The van der Waals surface area contributed by atoms with E-state index in [4.69, 9.17) is 3.79 Å². The quantitative estimate of drug-likeness (QED) is 0.391. The van der Waals surface area contributed by atoms with Crippen LogP contribution in [0.4, 0.5) is 0 Å². The predicted molar refractivity (Wildman–Crippen MR) is 74.3 cm³/mol. The number of hydrogen-bond donors (Lipinski definition) is 0. The van der Waals surface area contributed by atoms with Gasteiger partial charge < -0.3 is 3.79 Å². The Morgan fingerprint density at radius 1 is 1.19 bits per heavy atom. The third-order valence-electron chi connectivity index (χ3n) is 2.16. The molecule has 0 bridgehead atoms. The second kappa shape index (κ2) is 7.93. The van der Waals surface area contributed by atoms with Crippen LogP contribution < -0.4 is 0 Å². The number of rotatable bonds is 6. The molecule has 0 aromatic heterocycles. The Labute approximate surface area is 106 Å². The van der Waals surface area contributed by atoms with Crippen molar-refractivity contribution in [3.8, 4) is 0 Å². The van der Waals surface area contributed by atoms with Crippen LogP contribution in [-0.4, -0.2) is 26.7 Å². The molecule has 0 atom stereocenters. The molecule has 0 amide bonds. The third-order valence-corrected chi connectivity index (χ3v) is 2.91. The first-order chi connectivity index (χ1) is 7.38. The fourth-order valence-corrected chi connectivity index (χ4v) is 2.22. The van der Waals surface area contributed by atoms with Gasteiger partial charge in [-0.3, -0.25) is 4.99 Å². The van der Waals surface area contributed by atoms with Crippen molar-refractivity contribution in [1.29, 1.82) is 0 Å². The summed E-state index contributed by atoms with van der Waals surface area (Å²) in [6.45, 7) is 11.6. The molecule has 0 aliphatic carbocycles. The van der Waals surface area contributed by atoms with Crippen molar-refractivity contribution < 1.29 is 3.79 Å². The minimum absolute atomic E-state index is 0.440. The summed E-state index contributed by atoms with van der Waals surface area (Å²) in [6.07, 6.45) is 2.14. The van der Waals surface area contributed by atoms with Gasteiger partial charge in [-0.1, -0.05) is 39.3 Å². The van der Waals surface area contributed by atoms with Gasteiger partial charge in [-0.25, -0.2) is 0 Å². The first-order valence-electron chi connectivity index (χ1n) is 6.31. The van der Waals surface area contributed by atoms with E-state index in [1.54, 1.807) is 0 Å². The molecule has 0 fully saturated rings. The highest BCUT2D eigenvalue weighted by Gasteiger charge is 2.13. The standard InChI is InChI=1S/C11H21NO.2CH3.Al/c1-6-12-10(8(2)3)7-11(13)9(4)5;;;/h7-9,13H,6H2,1-5H3;2*1H3;/q;;;+1/p-1/b11-7-,12-10?;;;. The summed E-state index contributed by atoms with van der Waals surface area (Å²) in [5.74, 6) is 6.40. The summed E-state index contributed by atoms with van der Waals surface area (Å²) in [5, 5.41) is 0. The van der Waals surface area contributed by atoms with Crippen LogP contribution in [0.3, 0.4) is 0 Å². The summed E-state index contributed by atoms with van der Waals surface area (Å²) < 4.78 is 5.96. The summed E-state index contributed by atoms with van der Waals surface area (Å²) in [6, 6.07) is 0. The summed E-state index contributed by atoms with van der Waals surface area (Å²) >= 11 is -1.02. The molecule has 2 nitrogen and oxygen atoms in total. The van der Waals surface area contributed by atoms with Crippen molar-refractivity contribution in [3.63, 3.8) is 0 Å². The molecule has 0 aliphatic heterocycles. The van der Waals surface area contributed by atoms with Crippen LogP contribution in [-0.2, 0) is 3.79 Å². The fraction of sp³-hybridized carbons (Fsp3) is 0.769. The highest BCUT2D eigenvalue weighted by Crippen LogP contribution is 2.14. The van der Waals surface area contributed by atoms with Crippen molar-refractivity contribution in [2.24, 2.45) is 16.8 Å². The molecular formula is C13H26AlNO. The highest BCUT2D eigenvalue weighted by molar-refractivity contribution is 6.48. The minimum Gasteiger partial charge on any atom is -0.646 e. The van der Waals surface area contributed by atoms with E-state index in [-0.39, 0.29) is 0 Å². The monoisotopic (exact) mass is 239 g/mol. The molecule has 0 unspecified atom stereocenters. The molecule has 0 heterocycles. The Hall–Kier alpha value is -0.258. The Kier molecular flexibility index (Phi) is 7.80. The van der Waals surface area contributed by atoms with Crippen LogP contribution in [0.15, 0.2) is 16.8 Å². The molecule has 0 saturated heterocycles. The van der Waals surface area contributed by atoms with Crippen LogP contribution in [0.2, 0.25) is 11.6 Å². The first-order valence-corrected chi connectivity index (χ1v) is 9.09. The maximum absolute atomic E-state index is 5.96. The lowest BCUT2D eigenvalue weighted by Gasteiger charge is -2.18. The van der Waals surface area contributed by atoms with Gasteiger partial charge in [0.15, 0.2) is 0 Å². The number of aliphatic imine (C=N–C) groups is 1. The van der Waals surface area contributed by atoms with Gasteiger partial charge in [-0.2, -0.15) is 0 Å². The zero-order valence-corrected chi connectivity index (χ0v) is 13.0. The number of hydrogen-bond acceptors (Lipinski definition) is 2. The van der Waals surface area contributed by atoms with Crippen molar-refractivity contribution >= 4 is 20.2 Å². The van der Waals surface area contributed by atoms with Gasteiger partial charge in [0, 0.05) is 18.2 Å². The van der Waals surface area contributed by atoms with E-state index in [9.17, 15) is 0 Å². The molecule has 16 heavy (non-hydrogen) atoms. The molecule has 0 spiro atoms. The average molecular weight is 239 g/mol. The van der Waals surface area contributed by atoms with E-state index >= 15 is 0 Å². The molecule has 0 aliphatic rings. The van der Waals surface area contributed by atoms with E-state index in [0.29, 0.717) is 11.8 Å². The normalized spacial score (nSPS) is 13.6. The van der Waals surface area contributed by atoms with Gasteiger partial charge in [0.25, 0.3) is 0 Å². The van der Waals surface area contributed by atoms with Crippen molar-refractivity contribution in [3.05, 3.63) is 11.8 Å². The zero-order chi connectivity index (χ0) is 12.7. The van der Waals surface area contributed by atoms with E-state index < -0.39 is 14.5 Å².